The minimum absolute atomic E-state index is 0.385. The number of rotatable bonds is 4. The molecule has 2 heterocycles. The molecule has 23 heavy (non-hydrogen) atoms. The Kier molecular flexibility index (Phi) is 3.98. The number of methoxy groups -OCH3 is 1. The van der Waals surface area contributed by atoms with Crippen molar-refractivity contribution in [3.8, 4) is 5.88 Å². The smallest absolute Gasteiger partial charge is 0.480 e. The maximum Gasteiger partial charge on any atom is 0.502 e. The first kappa shape index (κ1) is 16.1. The molecule has 2 aromatic rings. The summed E-state index contributed by atoms with van der Waals surface area (Å²) in [6, 6.07) is 10.2. The van der Waals surface area contributed by atoms with Gasteiger partial charge in [0.05, 0.1) is 30.3 Å². The Morgan fingerprint density at radius 2 is 1.70 bits per heavy atom. The van der Waals surface area contributed by atoms with Crippen molar-refractivity contribution in [2.24, 2.45) is 0 Å². The topological polar surface area (TPSA) is 45.5 Å². The Morgan fingerprint density at radius 1 is 1.09 bits per heavy atom. The van der Waals surface area contributed by atoms with E-state index in [1.54, 1.807) is 7.11 Å². The highest BCUT2D eigenvalue weighted by Gasteiger charge is 2.53. The molecule has 5 nitrogen and oxygen atoms in total. The summed E-state index contributed by atoms with van der Waals surface area (Å²) in [5.41, 5.74) is 1.23. The van der Waals surface area contributed by atoms with Crippen molar-refractivity contribution < 1.29 is 14.0 Å². The molecule has 0 amide bonds. The lowest BCUT2D eigenvalue weighted by molar-refractivity contribution is 0.00578. The number of aromatic nitrogens is 2. The third-order valence-corrected chi connectivity index (χ3v) is 4.64. The van der Waals surface area contributed by atoms with Crippen molar-refractivity contribution in [2.75, 3.05) is 7.11 Å². The van der Waals surface area contributed by atoms with Crippen molar-refractivity contribution >= 4 is 12.6 Å². The minimum Gasteiger partial charge on any atom is -0.480 e. The summed E-state index contributed by atoms with van der Waals surface area (Å²) >= 11 is 0. The Balaban J connectivity index is 1.86. The predicted octanol–water partition coefficient (Wildman–Crippen LogP) is 2.24. The number of hydrogen-bond acceptors (Lipinski definition) is 4. The van der Waals surface area contributed by atoms with Crippen LogP contribution < -0.4 is 10.2 Å². The van der Waals surface area contributed by atoms with Gasteiger partial charge in [-0.25, -0.2) is 0 Å². The molecule has 0 N–H and O–H groups in total. The molecule has 1 aliphatic heterocycles. The fraction of sp³-hybridized carbons (Fsp3) is 0.471. The molecule has 122 valence electrons. The van der Waals surface area contributed by atoms with E-state index in [0.717, 1.165) is 5.46 Å². The van der Waals surface area contributed by atoms with Crippen LogP contribution in [0.25, 0.3) is 0 Å². The van der Waals surface area contributed by atoms with E-state index in [9.17, 15) is 0 Å². The molecular weight excluding hydrogens is 291 g/mol. The van der Waals surface area contributed by atoms with Gasteiger partial charge in [-0.05, 0) is 33.3 Å². The maximum absolute atomic E-state index is 6.10. The molecule has 0 unspecified atom stereocenters. The highest BCUT2D eigenvalue weighted by molar-refractivity contribution is 6.63. The maximum atomic E-state index is 6.10. The third kappa shape index (κ3) is 3.01. The molecule has 1 aromatic carbocycles. The van der Waals surface area contributed by atoms with E-state index in [-0.39, 0.29) is 11.2 Å². The van der Waals surface area contributed by atoms with Crippen molar-refractivity contribution in [1.82, 2.24) is 9.78 Å². The highest BCUT2D eigenvalue weighted by atomic mass is 16.7. The van der Waals surface area contributed by atoms with Gasteiger partial charge in [0, 0.05) is 6.20 Å². The summed E-state index contributed by atoms with van der Waals surface area (Å²) in [6.07, 6.45) is 1.94. The Bertz CT molecular complexity index is 666. The number of hydrogen-bond donors (Lipinski definition) is 0. The quantitative estimate of drug-likeness (QED) is 0.812. The monoisotopic (exact) mass is 314 g/mol. The molecule has 0 bridgehead atoms. The average Bonchev–Trinajstić information content (AvgIpc) is 2.98. The second kappa shape index (κ2) is 5.69. The molecular formula is C17H23BN2O3. The summed E-state index contributed by atoms with van der Waals surface area (Å²) in [5.74, 6) is 0.541. The van der Waals surface area contributed by atoms with Crippen molar-refractivity contribution in [3.63, 3.8) is 0 Å². The lowest BCUT2D eigenvalue weighted by Crippen LogP contribution is -2.41. The van der Waals surface area contributed by atoms with Crippen LogP contribution in [0.2, 0.25) is 0 Å². The van der Waals surface area contributed by atoms with Gasteiger partial charge in [-0.3, -0.25) is 4.68 Å². The third-order valence-electron chi connectivity index (χ3n) is 4.64. The van der Waals surface area contributed by atoms with Crippen molar-refractivity contribution in [2.45, 2.75) is 45.4 Å². The summed E-state index contributed by atoms with van der Waals surface area (Å²) < 4.78 is 19.5. The zero-order chi connectivity index (χ0) is 16.7. The number of benzene rings is 1. The summed E-state index contributed by atoms with van der Waals surface area (Å²) in [5, 5.41) is 4.50. The first-order chi connectivity index (χ1) is 10.8. The zero-order valence-electron chi connectivity index (χ0n) is 14.4. The molecule has 1 saturated heterocycles. The van der Waals surface area contributed by atoms with Crippen LogP contribution in [0.3, 0.4) is 0 Å². The van der Waals surface area contributed by atoms with E-state index in [1.807, 2.05) is 56.8 Å². The lowest BCUT2D eigenvalue weighted by Gasteiger charge is -2.32. The van der Waals surface area contributed by atoms with Gasteiger partial charge < -0.3 is 14.0 Å². The van der Waals surface area contributed by atoms with Crippen LogP contribution in [-0.2, 0) is 15.9 Å². The van der Waals surface area contributed by atoms with E-state index in [2.05, 4.69) is 17.2 Å². The molecule has 0 aliphatic carbocycles. The number of ether oxygens (including phenoxy) is 1. The van der Waals surface area contributed by atoms with Crippen LogP contribution in [0.5, 0.6) is 5.88 Å². The second-order valence-corrected chi connectivity index (χ2v) is 6.87. The van der Waals surface area contributed by atoms with Gasteiger partial charge >= 0.3 is 7.12 Å². The molecule has 6 heteroatoms. The Morgan fingerprint density at radius 3 is 2.26 bits per heavy atom. The van der Waals surface area contributed by atoms with Gasteiger partial charge in [0.1, 0.15) is 0 Å². The van der Waals surface area contributed by atoms with Gasteiger partial charge in [0.15, 0.2) is 0 Å². The summed E-state index contributed by atoms with van der Waals surface area (Å²) in [6.45, 7) is 8.82. The fourth-order valence-electron chi connectivity index (χ4n) is 2.56. The largest absolute Gasteiger partial charge is 0.502 e. The lowest BCUT2D eigenvalue weighted by atomic mass is 9.81. The molecule has 3 rings (SSSR count). The van der Waals surface area contributed by atoms with Gasteiger partial charge in [-0.1, -0.05) is 30.3 Å². The van der Waals surface area contributed by atoms with E-state index in [4.69, 9.17) is 14.0 Å². The van der Waals surface area contributed by atoms with Gasteiger partial charge in [0.2, 0.25) is 5.88 Å². The highest BCUT2D eigenvalue weighted by Crippen LogP contribution is 2.37. The number of nitrogens with zero attached hydrogens (tertiary/aromatic N) is 2. The van der Waals surface area contributed by atoms with Crippen LogP contribution in [0.1, 0.15) is 33.3 Å². The van der Waals surface area contributed by atoms with Gasteiger partial charge in [0.25, 0.3) is 0 Å². The second-order valence-electron chi connectivity index (χ2n) is 6.87. The van der Waals surface area contributed by atoms with Crippen LogP contribution in [0, 0.1) is 0 Å². The SMILES string of the molecule is COc1nn(Cc2ccccc2)cc1B1OC(C)(C)C(C)(C)O1. The molecule has 0 saturated carbocycles. The first-order valence-corrected chi connectivity index (χ1v) is 7.83. The van der Waals surface area contributed by atoms with Crippen LogP contribution in [0.15, 0.2) is 36.5 Å². The van der Waals surface area contributed by atoms with Gasteiger partial charge in [-0.15, -0.1) is 5.10 Å². The molecule has 1 aliphatic rings. The van der Waals surface area contributed by atoms with Crippen LogP contribution in [0.4, 0.5) is 0 Å². The molecule has 1 fully saturated rings. The van der Waals surface area contributed by atoms with E-state index < -0.39 is 7.12 Å². The first-order valence-electron chi connectivity index (χ1n) is 7.83. The van der Waals surface area contributed by atoms with E-state index in [0.29, 0.717) is 12.4 Å². The van der Waals surface area contributed by atoms with Crippen molar-refractivity contribution in [3.05, 3.63) is 42.1 Å². The van der Waals surface area contributed by atoms with Crippen molar-refractivity contribution in [1.29, 1.82) is 0 Å². The van der Waals surface area contributed by atoms with Gasteiger partial charge in [-0.2, -0.15) is 0 Å². The minimum atomic E-state index is -0.473. The summed E-state index contributed by atoms with van der Waals surface area (Å²) in [7, 11) is 1.14. The van der Waals surface area contributed by atoms with E-state index >= 15 is 0 Å². The summed E-state index contributed by atoms with van der Waals surface area (Å²) in [4.78, 5) is 0. The standard InChI is InChI=1S/C17H23BN2O3/c1-16(2)17(3,4)23-18(22-16)14-12-20(19-15(14)21-5)11-13-9-7-6-8-10-13/h6-10,12H,11H2,1-5H3. The normalized spacial score (nSPS) is 19.1. The Labute approximate surface area is 137 Å². The van der Waals surface area contributed by atoms with Crippen LogP contribution >= 0.6 is 0 Å². The fourth-order valence-corrected chi connectivity index (χ4v) is 2.56. The van der Waals surface area contributed by atoms with E-state index in [1.165, 1.54) is 5.56 Å². The van der Waals surface area contributed by atoms with Crippen LogP contribution in [-0.4, -0.2) is 35.2 Å². The average molecular weight is 314 g/mol. The molecule has 1 aromatic heterocycles. The molecule has 0 radical (unpaired) electrons. The predicted molar refractivity (Wildman–Crippen MR) is 90.0 cm³/mol. The molecule has 0 atom stereocenters. The molecule has 0 spiro atoms. The Hall–Kier alpha value is -1.79. The zero-order valence-corrected chi connectivity index (χ0v) is 14.4.